The number of imidazole rings is 1. The number of rotatable bonds is 4. The van der Waals surface area contributed by atoms with E-state index in [1.807, 2.05) is 42.6 Å². The van der Waals surface area contributed by atoms with Crippen LogP contribution in [0.5, 0.6) is 0 Å². The highest BCUT2D eigenvalue weighted by Crippen LogP contribution is 2.37. The van der Waals surface area contributed by atoms with Gasteiger partial charge >= 0.3 is 0 Å². The van der Waals surface area contributed by atoms with Gasteiger partial charge in [-0.3, -0.25) is 4.57 Å². The van der Waals surface area contributed by atoms with Crippen LogP contribution in [0.1, 0.15) is 0 Å². The molecule has 0 bridgehead atoms. The van der Waals surface area contributed by atoms with Crippen LogP contribution >= 0.6 is 0 Å². The van der Waals surface area contributed by atoms with Crippen LogP contribution in [0.3, 0.4) is 0 Å². The molecule has 3 heteroatoms. The molecule has 1 aromatic heterocycles. The zero-order valence-corrected chi connectivity index (χ0v) is 16.2. The Hall–Kier alpha value is -3.98. The van der Waals surface area contributed by atoms with Crippen molar-refractivity contribution in [3.63, 3.8) is 0 Å². The minimum absolute atomic E-state index is 0.258. The average Bonchev–Trinajstić information content (AvgIpc) is 3.30. The summed E-state index contributed by atoms with van der Waals surface area (Å²) in [6, 6.07) is 33.5. The predicted molar refractivity (Wildman–Crippen MR) is 120 cm³/mol. The van der Waals surface area contributed by atoms with E-state index in [9.17, 15) is 4.39 Å². The first-order valence-electron chi connectivity index (χ1n) is 9.85. The summed E-state index contributed by atoms with van der Waals surface area (Å²) in [5.74, 6) is 0.516. The maximum atomic E-state index is 13.5. The normalized spacial score (nSPS) is 10.8. The van der Waals surface area contributed by atoms with Crippen LogP contribution < -0.4 is 0 Å². The van der Waals surface area contributed by atoms with Crippen LogP contribution in [0, 0.1) is 5.82 Å². The second-order valence-electron chi connectivity index (χ2n) is 7.06. The summed E-state index contributed by atoms with van der Waals surface area (Å²) >= 11 is 0. The predicted octanol–water partition coefficient (Wildman–Crippen LogP) is 7.01. The van der Waals surface area contributed by atoms with Crippen molar-refractivity contribution in [2.24, 2.45) is 0 Å². The van der Waals surface area contributed by atoms with E-state index in [1.54, 1.807) is 18.3 Å². The number of halogens is 1. The van der Waals surface area contributed by atoms with E-state index in [2.05, 4.69) is 52.0 Å². The van der Waals surface area contributed by atoms with Gasteiger partial charge in [-0.2, -0.15) is 0 Å². The van der Waals surface area contributed by atoms with Crippen molar-refractivity contribution >= 4 is 0 Å². The average molecular weight is 390 g/mol. The summed E-state index contributed by atoms with van der Waals surface area (Å²) in [4.78, 5) is 4.60. The fourth-order valence-corrected chi connectivity index (χ4v) is 3.80. The van der Waals surface area contributed by atoms with Crippen LogP contribution in [0.25, 0.3) is 39.3 Å². The molecule has 0 saturated carbocycles. The molecule has 0 radical (unpaired) electrons. The molecule has 2 nitrogen and oxygen atoms in total. The Labute approximate surface area is 174 Å². The fourth-order valence-electron chi connectivity index (χ4n) is 3.80. The molecular weight excluding hydrogens is 371 g/mol. The number of nitrogens with zero attached hydrogens (tertiary/aromatic N) is 2. The van der Waals surface area contributed by atoms with E-state index in [0.717, 1.165) is 39.3 Å². The summed E-state index contributed by atoms with van der Waals surface area (Å²) in [7, 11) is 0. The summed E-state index contributed by atoms with van der Waals surface area (Å²) in [6.45, 7) is 0. The number of hydrogen-bond donors (Lipinski definition) is 0. The van der Waals surface area contributed by atoms with Crippen molar-refractivity contribution in [3.8, 4) is 39.3 Å². The first-order chi connectivity index (χ1) is 14.8. The van der Waals surface area contributed by atoms with E-state index in [-0.39, 0.29) is 5.82 Å². The minimum atomic E-state index is -0.258. The molecule has 5 rings (SSSR count). The Morgan fingerprint density at radius 1 is 0.567 bits per heavy atom. The molecule has 30 heavy (non-hydrogen) atoms. The number of aromatic nitrogens is 2. The molecule has 4 aromatic carbocycles. The molecular formula is C27H19FN2. The highest BCUT2D eigenvalue weighted by atomic mass is 19.1. The van der Waals surface area contributed by atoms with E-state index in [0.29, 0.717) is 0 Å². The fraction of sp³-hybridized carbons (Fsp3) is 0. The lowest BCUT2D eigenvalue weighted by Crippen LogP contribution is -2.02. The molecule has 144 valence electrons. The molecule has 0 spiro atoms. The Kier molecular flexibility index (Phi) is 4.70. The second kappa shape index (κ2) is 7.80. The van der Waals surface area contributed by atoms with Crippen molar-refractivity contribution in [3.05, 3.63) is 121 Å². The van der Waals surface area contributed by atoms with Gasteiger partial charge in [0.15, 0.2) is 0 Å². The van der Waals surface area contributed by atoms with Crippen molar-refractivity contribution < 1.29 is 4.39 Å². The van der Waals surface area contributed by atoms with Crippen LogP contribution in [0.4, 0.5) is 4.39 Å². The maximum absolute atomic E-state index is 13.5. The van der Waals surface area contributed by atoms with Gasteiger partial charge in [-0.15, -0.1) is 0 Å². The first-order valence-corrected chi connectivity index (χ1v) is 9.85. The highest BCUT2D eigenvalue weighted by molar-refractivity contribution is 5.86. The van der Waals surface area contributed by atoms with Crippen molar-refractivity contribution in [1.29, 1.82) is 0 Å². The summed E-state index contributed by atoms with van der Waals surface area (Å²) < 4.78 is 15.6. The maximum Gasteiger partial charge on any atom is 0.144 e. The second-order valence-corrected chi connectivity index (χ2v) is 7.06. The van der Waals surface area contributed by atoms with Gasteiger partial charge in [0.05, 0.1) is 5.69 Å². The molecule has 0 amide bonds. The van der Waals surface area contributed by atoms with Crippen molar-refractivity contribution in [2.45, 2.75) is 0 Å². The number of hydrogen-bond acceptors (Lipinski definition) is 1. The SMILES string of the molecule is Fc1ccc(-c2nccn2-c2c(-c3ccccc3)cccc2-c2ccccc2)cc1. The van der Waals surface area contributed by atoms with Gasteiger partial charge in [-0.25, -0.2) is 9.37 Å². The third-order valence-corrected chi connectivity index (χ3v) is 5.19. The quantitative estimate of drug-likeness (QED) is 0.323. The lowest BCUT2D eigenvalue weighted by molar-refractivity contribution is 0.628. The molecule has 0 unspecified atom stereocenters. The molecule has 0 saturated heterocycles. The molecule has 0 atom stereocenters. The third kappa shape index (κ3) is 3.31. The molecule has 0 N–H and O–H groups in total. The van der Waals surface area contributed by atoms with E-state index < -0.39 is 0 Å². The van der Waals surface area contributed by atoms with E-state index in [1.165, 1.54) is 12.1 Å². The van der Waals surface area contributed by atoms with Gasteiger partial charge in [0.1, 0.15) is 11.6 Å². The van der Waals surface area contributed by atoms with Crippen molar-refractivity contribution in [1.82, 2.24) is 9.55 Å². The monoisotopic (exact) mass is 390 g/mol. The van der Waals surface area contributed by atoms with Crippen LogP contribution in [0.15, 0.2) is 116 Å². The first kappa shape index (κ1) is 18.1. The minimum Gasteiger partial charge on any atom is -0.299 e. The lowest BCUT2D eigenvalue weighted by atomic mass is 9.95. The van der Waals surface area contributed by atoms with E-state index in [4.69, 9.17) is 0 Å². The molecule has 0 aliphatic carbocycles. The van der Waals surface area contributed by atoms with Gasteiger partial charge < -0.3 is 0 Å². The standard InChI is InChI=1S/C27H19FN2/c28-23-16-14-22(15-17-23)27-29-18-19-30(27)26-24(20-8-3-1-4-9-20)12-7-13-25(26)21-10-5-2-6-11-21/h1-19H. The highest BCUT2D eigenvalue weighted by Gasteiger charge is 2.17. The topological polar surface area (TPSA) is 17.8 Å². The molecule has 0 aliphatic rings. The zero-order valence-electron chi connectivity index (χ0n) is 16.2. The molecule has 0 fully saturated rings. The molecule has 1 heterocycles. The van der Waals surface area contributed by atoms with Gasteiger partial charge in [-0.05, 0) is 35.4 Å². The lowest BCUT2D eigenvalue weighted by Gasteiger charge is -2.18. The van der Waals surface area contributed by atoms with Crippen LogP contribution in [-0.4, -0.2) is 9.55 Å². The molecule has 0 aliphatic heterocycles. The largest absolute Gasteiger partial charge is 0.299 e. The number of para-hydroxylation sites is 1. The van der Waals surface area contributed by atoms with Crippen LogP contribution in [0.2, 0.25) is 0 Å². The van der Waals surface area contributed by atoms with Gasteiger partial charge in [0.2, 0.25) is 0 Å². The Bertz CT molecular complexity index is 1220. The zero-order chi connectivity index (χ0) is 20.3. The smallest absolute Gasteiger partial charge is 0.144 e. The molecule has 5 aromatic rings. The summed E-state index contributed by atoms with van der Waals surface area (Å²) in [6.07, 6.45) is 3.75. The summed E-state index contributed by atoms with van der Waals surface area (Å²) in [5.41, 5.74) is 6.39. The van der Waals surface area contributed by atoms with Gasteiger partial charge in [-0.1, -0.05) is 78.9 Å². The number of benzene rings is 4. The van der Waals surface area contributed by atoms with E-state index >= 15 is 0 Å². The Morgan fingerprint density at radius 3 is 1.70 bits per heavy atom. The Morgan fingerprint density at radius 2 is 1.13 bits per heavy atom. The summed E-state index contributed by atoms with van der Waals surface area (Å²) in [5, 5.41) is 0. The van der Waals surface area contributed by atoms with Crippen molar-refractivity contribution in [2.75, 3.05) is 0 Å². The van der Waals surface area contributed by atoms with Gasteiger partial charge in [0.25, 0.3) is 0 Å². The van der Waals surface area contributed by atoms with Gasteiger partial charge in [0, 0.05) is 29.1 Å². The third-order valence-electron chi connectivity index (χ3n) is 5.19. The van der Waals surface area contributed by atoms with Crippen LogP contribution in [-0.2, 0) is 0 Å². The Balaban J connectivity index is 1.80.